The van der Waals surface area contributed by atoms with E-state index in [0.717, 1.165) is 103 Å². The monoisotopic (exact) mass is 778 g/mol. The number of benzene rings is 4. The molecular formula is C56H50N4. The van der Waals surface area contributed by atoms with Gasteiger partial charge in [-0.05, 0) is 108 Å². The van der Waals surface area contributed by atoms with Gasteiger partial charge in [-0.1, -0.05) is 160 Å². The summed E-state index contributed by atoms with van der Waals surface area (Å²) in [5, 5.41) is 0. The van der Waals surface area contributed by atoms with Gasteiger partial charge in [0.25, 0.3) is 0 Å². The van der Waals surface area contributed by atoms with E-state index >= 15 is 0 Å². The lowest BCUT2D eigenvalue weighted by Crippen LogP contribution is -2.36. The molecule has 0 spiro atoms. The lowest BCUT2D eigenvalue weighted by atomic mass is 9.99. The molecule has 0 amide bonds. The average molecular weight is 779 g/mol. The highest BCUT2D eigenvalue weighted by Gasteiger charge is 2.25. The summed E-state index contributed by atoms with van der Waals surface area (Å²) in [6, 6.07) is 45.1. The first kappa shape index (κ1) is 40.6. The third kappa shape index (κ3) is 8.94. The van der Waals surface area contributed by atoms with E-state index in [2.05, 4.69) is 177 Å². The van der Waals surface area contributed by atoms with Crippen LogP contribution >= 0.6 is 0 Å². The molecule has 4 heteroatoms. The van der Waals surface area contributed by atoms with Crippen LogP contribution in [0, 0.1) is 0 Å². The number of nitrogens with zero attached hydrogens (tertiary/aromatic N) is 4. The molecule has 2 aromatic heterocycles. The summed E-state index contributed by atoms with van der Waals surface area (Å²) in [5.74, 6) is 0. The van der Waals surface area contributed by atoms with Crippen molar-refractivity contribution in [1.82, 2.24) is 9.97 Å². The maximum absolute atomic E-state index is 5.13. The van der Waals surface area contributed by atoms with Crippen LogP contribution in [-0.2, 0) is 0 Å². The zero-order valence-electron chi connectivity index (χ0n) is 34.5. The Morgan fingerprint density at radius 2 is 1.07 bits per heavy atom. The van der Waals surface area contributed by atoms with Crippen LogP contribution in [0.3, 0.4) is 0 Å². The Bertz CT molecular complexity index is 2670. The predicted molar refractivity (Wildman–Crippen MR) is 260 cm³/mol. The van der Waals surface area contributed by atoms with Crippen LogP contribution < -0.4 is 9.80 Å². The molecule has 294 valence electrons. The van der Waals surface area contributed by atoms with Crippen molar-refractivity contribution in [1.29, 1.82) is 0 Å². The van der Waals surface area contributed by atoms with E-state index in [0.29, 0.717) is 0 Å². The van der Waals surface area contributed by atoms with Crippen LogP contribution in [0.15, 0.2) is 221 Å². The van der Waals surface area contributed by atoms with Crippen LogP contribution in [0.5, 0.6) is 0 Å². The van der Waals surface area contributed by atoms with Gasteiger partial charge in [0.1, 0.15) is 0 Å². The number of rotatable bonds is 14. The van der Waals surface area contributed by atoms with E-state index in [1.54, 1.807) is 12.2 Å². The van der Waals surface area contributed by atoms with Gasteiger partial charge in [-0.2, -0.15) is 0 Å². The topological polar surface area (TPSA) is 32.3 Å². The summed E-state index contributed by atoms with van der Waals surface area (Å²) in [5.41, 5.74) is 16.5. The van der Waals surface area contributed by atoms with Crippen LogP contribution in [0.2, 0.25) is 0 Å². The summed E-state index contributed by atoms with van der Waals surface area (Å²) < 4.78 is 0. The number of anilines is 4. The molecule has 0 atom stereocenters. The van der Waals surface area contributed by atoms with Crippen LogP contribution in [0.4, 0.5) is 22.7 Å². The van der Waals surface area contributed by atoms with E-state index in [1.807, 2.05) is 55.5 Å². The summed E-state index contributed by atoms with van der Waals surface area (Å²) in [6.07, 6.45) is 21.4. The Morgan fingerprint density at radius 1 is 0.517 bits per heavy atom. The minimum atomic E-state index is 0.818. The molecule has 0 radical (unpaired) electrons. The van der Waals surface area contributed by atoms with Gasteiger partial charge in [-0.25, -0.2) is 9.97 Å². The summed E-state index contributed by atoms with van der Waals surface area (Å²) >= 11 is 0. The molecule has 1 aliphatic rings. The van der Waals surface area contributed by atoms with Crippen molar-refractivity contribution in [2.24, 2.45) is 0 Å². The highest BCUT2D eigenvalue weighted by atomic mass is 15.3. The fourth-order valence-electron chi connectivity index (χ4n) is 7.51. The standard InChI is InChI=1S/C56H50N4/c1-7-13-21-41(10-4)47-37-52(43(12-6)22-14-8-2)58-53(38-47)45-27-31-49(32-28-45)59-35-36-60(56-26-19-18-25-55(56)59)50-33-29-46(30-34-50)54-40-48(44-23-16-15-17-24-44)39-51(57-54)42(11-5)20-9-3/h7-34,37-40H,1,3,5-6,35-36H2,2,4H3/b14-8-,21-13-,41-10+,42-20+,43-22+. The zero-order chi connectivity index (χ0) is 41.8. The van der Waals surface area contributed by atoms with Gasteiger partial charge in [0, 0.05) is 35.6 Å². The number of pyridine rings is 2. The van der Waals surface area contributed by atoms with Crippen molar-refractivity contribution in [2.45, 2.75) is 13.8 Å². The van der Waals surface area contributed by atoms with Crippen molar-refractivity contribution in [3.05, 3.63) is 237 Å². The molecule has 0 saturated carbocycles. The second-order valence-corrected chi connectivity index (χ2v) is 14.3. The molecule has 0 aliphatic carbocycles. The fraction of sp³-hybridized carbons (Fsp3) is 0.0714. The first-order valence-electron chi connectivity index (χ1n) is 20.3. The van der Waals surface area contributed by atoms with Crippen molar-refractivity contribution in [2.75, 3.05) is 22.9 Å². The lowest BCUT2D eigenvalue weighted by molar-refractivity contribution is 0.850. The molecule has 0 fully saturated rings. The first-order valence-corrected chi connectivity index (χ1v) is 20.3. The van der Waals surface area contributed by atoms with Gasteiger partial charge in [0.05, 0.1) is 34.2 Å². The van der Waals surface area contributed by atoms with Gasteiger partial charge < -0.3 is 9.80 Å². The molecule has 1 aliphatic heterocycles. The Kier molecular flexibility index (Phi) is 13.0. The van der Waals surface area contributed by atoms with Crippen LogP contribution in [0.1, 0.15) is 30.8 Å². The van der Waals surface area contributed by atoms with Crippen LogP contribution in [-0.4, -0.2) is 23.1 Å². The number of allylic oxidation sites excluding steroid dienone is 14. The largest absolute Gasteiger partial charge is 0.338 e. The van der Waals surface area contributed by atoms with E-state index in [1.165, 1.54) is 0 Å². The Balaban J connectivity index is 1.18. The molecule has 0 N–H and O–H groups in total. The summed E-state index contributed by atoms with van der Waals surface area (Å²) in [4.78, 5) is 15.0. The van der Waals surface area contributed by atoms with Gasteiger partial charge in [-0.3, -0.25) is 0 Å². The van der Waals surface area contributed by atoms with E-state index < -0.39 is 0 Å². The normalized spacial score (nSPS) is 13.4. The Labute approximate surface area is 355 Å². The van der Waals surface area contributed by atoms with Crippen molar-refractivity contribution in [3.8, 4) is 33.6 Å². The quantitative estimate of drug-likeness (QED) is 0.103. The minimum Gasteiger partial charge on any atom is -0.338 e. The third-order valence-corrected chi connectivity index (χ3v) is 10.6. The lowest BCUT2D eigenvalue weighted by Gasteiger charge is -2.39. The van der Waals surface area contributed by atoms with Crippen molar-refractivity contribution >= 4 is 39.5 Å². The molecule has 7 rings (SSSR count). The van der Waals surface area contributed by atoms with Gasteiger partial charge in [0.2, 0.25) is 0 Å². The Morgan fingerprint density at radius 3 is 1.60 bits per heavy atom. The SMILES string of the molecule is C=C/C=C\C(=C/C)c1cc(/C(C=C)=C/C=C\C)nc(-c2ccc(N3CCN(c4ccc(-c5cc(-c6ccccc6)cc(/C(C=C)=C/C=C)n5)cc4)c4ccccc43)cc2)c1. The summed E-state index contributed by atoms with van der Waals surface area (Å²) in [6.45, 7) is 21.6. The summed E-state index contributed by atoms with van der Waals surface area (Å²) in [7, 11) is 0. The minimum absolute atomic E-state index is 0.818. The highest BCUT2D eigenvalue weighted by Crippen LogP contribution is 2.42. The smallest absolute Gasteiger partial charge is 0.0715 e. The predicted octanol–water partition coefficient (Wildman–Crippen LogP) is 14.8. The zero-order valence-corrected chi connectivity index (χ0v) is 34.5. The number of fused-ring (bicyclic) bond motifs is 1. The molecule has 0 bridgehead atoms. The van der Waals surface area contributed by atoms with E-state index in [-0.39, 0.29) is 0 Å². The number of aromatic nitrogens is 2. The third-order valence-electron chi connectivity index (χ3n) is 10.6. The molecule has 4 aromatic carbocycles. The molecule has 0 saturated heterocycles. The van der Waals surface area contributed by atoms with Crippen molar-refractivity contribution < 1.29 is 0 Å². The highest BCUT2D eigenvalue weighted by molar-refractivity contribution is 5.86. The molecule has 60 heavy (non-hydrogen) atoms. The maximum Gasteiger partial charge on any atom is 0.0715 e. The number of hydrogen-bond donors (Lipinski definition) is 0. The first-order chi connectivity index (χ1) is 29.5. The fourth-order valence-corrected chi connectivity index (χ4v) is 7.51. The van der Waals surface area contributed by atoms with E-state index in [4.69, 9.17) is 9.97 Å². The number of hydrogen-bond acceptors (Lipinski definition) is 4. The number of para-hydroxylation sites is 2. The molecule has 4 nitrogen and oxygen atoms in total. The molecule has 6 aromatic rings. The molecule has 3 heterocycles. The van der Waals surface area contributed by atoms with Gasteiger partial charge in [-0.15, -0.1) is 0 Å². The van der Waals surface area contributed by atoms with Gasteiger partial charge >= 0.3 is 0 Å². The van der Waals surface area contributed by atoms with Crippen molar-refractivity contribution in [3.63, 3.8) is 0 Å². The second-order valence-electron chi connectivity index (χ2n) is 14.3. The second kappa shape index (κ2) is 19.3. The van der Waals surface area contributed by atoms with Gasteiger partial charge in [0.15, 0.2) is 0 Å². The molecular weight excluding hydrogens is 729 g/mol. The Hall–Kier alpha value is -7.56. The van der Waals surface area contributed by atoms with E-state index in [9.17, 15) is 0 Å². The van der Waals surface area contributed by atoms with Crippen LogP contribution in [0.25, 0.3) is 50.4 Å². The maximum atomic E-state index is 5.13. The average Bonchev–Trinajstić information content (AvgIpc) is 3.31. The molecule has 0 unspecified atom stereocenters.